The molecule has 3 rings (SSSR count). The second kappa shape index (κ2) is 10.0. The fourth-order valence-electron chi connectivity index (χ4n) is 3.56. The van der Waals surface area contributed by atoms with Crippen molar-refractivity contribution >= 4 is 17.5 Å². The second-order valence-electron chi connectivity index (χ2n) is 7.48. The summed E-state index contributed by atoms with van der Waals surface area (Å²) in [5, 5.41) is 12.9. The number of carbonyl (C=O) groups excluding carboxylic acids is 2. The van der Waals surface area contributed by atoms with Crippen LogP contribution in [0, 0.1) is 6.92 Å². The minimum absolute atomic E-state index is 0.0364. The van der Waals surface area contributed by atoms with E-state index in [-0.39, 0.29) is 30.7 Å². The lowest BCUT2D eigenvalue weighted by Gasteiger charge is -2.21. The van der Waals surface area contributed by atoms with Gasteiger partial charge < -0.3 is 10.6 Å². The van der Waals surface area contributed by atoms with Crippen LogP contribution in [0.5, 0.6) is 0 Å². The van der Waals surface area contributed by atoms with Crippen molar-refractivity contribution in [2.45, 2.75) is 70.8 Å². The van der Waals surface area contributed by atoms with E-state index in [1.54, 1.807) is 0 Å². The lowest BCUT2D eigenvalue weighted by atomic mass is 9.96. The van der Waals surface area contributed by atoms with Gasteiger partial charge in [0.05, 0.1) is 0 Å². The molecule has 0 spiro atoms. The van der Waals surface area contributed by atoms with Gasteiger partial charge in [0.15, 0.2) is 5.82 Å². The van der Waals surface area contributed by atoms with Crippen molar-refractivity contribution in [1.82, 2.24) is 20.5 Å². The lowest BCUT2D eigenvalue weighted by Crippen LogP contribution is -2.35. The number of nitrogens with one attached hydrogen (secondary N) is 3. The molecule has 1 aliphatic rings. The molecule has 0 saturated heterocycles. The average molecular weight is 383 g/mol. The molecule has 0 atom stereocenters. The summed E-state index contributed by atoms with van der Waals surface area (Å²) < 4.78 is 0. The quantitative estimate of drug-likeness (QED) is 0.708. The number of carbonyl (C=O) groups is 2. The number of amides is 2. The van der Waals surface area contributed by atoms with Crippen molar-refractivity contribution in [1.29, 1.82) is 0 Å². The van der Waals surface area contributed by atoms with Gasteiger partial charge in [0.2, 0.25) is 11.8 Å². The predicted molar refractivity (Wildman–Crippen MR) is 109 cm³/mol. The third-order valence-corrected chi connectivity index (χ3v) is 5.05. The van der Waals surface area contributed by atoms with E-state index in [4.69, 9.17) is 0 Å². The summed E-state index contributed by atoms with van der Waals surface area (Å²) in [5.74, 6) is 1.12. The monoisotopic (exact) mass is 383 g/mol. The molecule has 28 heavy (non-hydrogen) atoms. The second-order valence-corrected chi connectivity index (χ2v) is 7.48. The third-order valence-electron chi connectivity index (χ3n) is 5.05. The van der Waals surface area contributed by atoms with Gasteiger partial charge in [0.1, 0.15) is 5.82 Å². The summed E-state index contributed by atoms with van der Waals surface area (Å²) in [6.45, 7) is 1.84. The standard InChI is InChI=1S/C21H29N5O2/c1-15-22-21(26-25-15)16-8-7-11-18(14-16)24-20(28)13-12-19(27)23-17-9-5-3-2-4-6-10-17/h7-8,11,14,17H,2-6,9-10,12-13H2,1H3,(H,23,27)(H,24,28)(H,22,25,26). The number of rotatable bonds is 6. The van der Waals surface area contributed by atoms with E-state index < -0.39 is 0 Å². The van der Waals surface area contributed by atoms with Crippen LogP contribution in [0.15, 0.2) is 24.3 Å². The van der Waals surface area contributed by atoms with Gasteiger partial charge in [-0.25, -0.2) is 4.98 Å². The van der Waals surface area contributed by atoms with Crippen LogP contribution in [-0.4, -0.2) is 33.0 Å². The molecule has 0 aliphatic heterocycles. The summed E-state index contributed by atoms with van der Waals surface area (Å²) in [7, 11) is 0. The van der Waals surface area contributed by atoms with Crippen molar-refractivity contribution in [3.63, 3.8) is 0 Å². The van der Waals surface area contributed by atoms with Gasteiger partial charge in [-0.05, 0) is 31.9 Å². The first kappa shape index (κ1) is 20.0. The Labute approximate surface area is 165 Å². The lowest BCUT2D eigenvalue weighted by molar-refractivity contribution is -0.125. The smallest absolute Gasteiger partial charge is 0.224 e. The first-order chi connectivity index (χ1) is 13.6. The Morgan fingerprint density at radius 2 is 1.79 bits per heavy atom. The number of aromatic nitrogens is 3. The Morgan fingerprint density at radius 1 is 1.07 bits per heavy atom. The molecule has 0 unspecified atom stereocenters. The van der Waals surface area contributed by atoms with E-state index >= 15 is 0 Å². The Balaban J connectivity index is 1.45. The topological polar surface area (TPSA) is 99.8 Å². The zero-order valence-corrected chi connectivity index (χ0v) is 16.5. The Hall–Kier alpha value is -2.70. The molecule has 1 aliphatic carbocycles. The van der Waals surface area contributed by atoms with E-state index in [1.807, 2.05) is 31.2 Å². The Morgan fingerprint density at radius 3 is 2.50 bits per heavy atom. The molecule has 150 valence electrons. The van der Waals surface area contributed by atoms with Gasteiger partial charge >= 0.3 is 0 Å². The van der Waals surface area contributed by atoms with E-state index in [0.29, 0.717) is 11.5 Å². The number of hydrogen-bond donors (Lipinski definition) is 3. The van der Waals surface area contributed by atoms with Gasteiger partial charge in [-0.2, -0.15) is 5.10 Å². The SMILES string of the molecule is Cc1nc(-c2cccc(NC(=O)CCC(=O)NC3CCCCCCC3)c2)n[nH]1. The van der Waals surface area contributed by atoms with Crippen molar-refractivity contribution in [2.24, 2.45) is 0 Å². The molecule has 0 radical (unpaired) electrons. The fourth-order valence-corrected chi connectivity index (χ4v) is 3.56. The van der Waals surface area contributed by atoms with Crippen molar-refractivity contribution in [3.8, 4) is 11.4 Å². The molecule has 1 saturated carbocycles. The first-order valence-electron chi connectivity index (χ1n) is 10.2. The van der Waals surface area contributed by atoms with E-state index in [2.05, 4.69) is 25.8 Å². The molecule has 1 aromatic heterocycles. The predicted octanol–water partition coefficient (Wildman–Crippen LogP) is 3.73. The summed E-state index contributed by atoms with van der Waals surface area (Å²) >= 11 is 0. The van der Waals surface area contributed by atoms with Crippen LogP contribution < -0.4 is 10.6 Å². The number of aryl methyl sites for hydroxylation is 1. The fraction of sp³-hybridized carbons (Fsp3) is 0.524. The van der Waals surface area contributed by atoms with Crippen LogP contribution in [0.4, 0.5) is 5.69 Å². The van der Waals surface area contributed by atoms with Gasteiger partial charge in [-0.3, -0.25) is 14.7 Å². The number of nitrogens with zero attached hydrogens (tertiary/aromatic N) is 2. The van der Waals surface area contributed by atoms with Crippen LogP contribution >= 0.6 is 0 Å². The van der Waals surface area contributed by atoms with Crippen LogP contribution in [0.3, 0.4) is 0 Å². The molecule has 0 bridgehead atoms. The summed E-state index contributed by atoms with van der Waals surface area (Å²) in [6, 6.07) is 7.64. The molecule has 1 heterocycles. The number of anilines is 1. The maximum Gasteiger partial charge on any atom is 0.224 e. The minimum Gasteiger partial charge on any atom is -0.353 e. The molecule has 1 aromatic carbocycles. The highest BCUT2D eigenvalue weighted by atomic mass is 16.2. The number of H-pyrrole nitrogens is 1. The average Bonchev–Trinajstić information content (AvgIpc) is 3.09. The maximum atomic E-state index is 12.2. The van der Waals surface area contributed by atoms with Gasteiger partial charge in [-0.15, -0.1) is 0 Å². The largest absolute Gasteiger partial charge is 0.353 e. The van der Waals surface area contributed by atoms with Gasteiger partial charge in [-0.1, -0.05) is 44.2 Å². The van der Waals surface area contributed by atoms with Crippen LogP contribution in [0.25, 0.3) is 11.4 Å². The zero-order chi connectivity index (χ0) is 19.8. The molecule has 1 fully saturated rings. The molecular formula is C21H29N5O2. The van der Waals surface area contributed by atoms with Crippen LogP contribution in [0.1, 0.15) is 63.6 Å². The number of benzene rings is 1. The molecule has 2 amide bonds. The van der Waals surface area contributed by atoms with Crippen molar-refractivity contribution in [2.75, 3.05) is 5.32 Å². The van der Waals surface area contributed by atoms with E-state index in [0.717, 1.165) is 24.2 Å². The molecule has 2 aromatic rings. The summed E-state index contributed by atoms with van der Waals surface area (Å²) in [4.78, 5) is 28.7. The van der Waals surface area contributed by atoms with Crippen LogP contribution in [-0.2, 0) is 9.59 Å². The minimum atomic E-state index is -0.170. The maximum absolute atomic E-state index is 12.2. The Kier molecular flexibility index (Phi) is 7.17. The number of hydrogen-bond acceptors (Lipinski definition) is 4. The molecular weight excluding hydrogens is 354 g/mol. The molecule has 3 N–H and O–H groups in total. The van der Waals surface area contributed by atoms with E-state index in [1.165, 1.54) is 32.1 Å². The summed E-state index contributed by atoms with van der Waals surface area (Å²) in [6.07, 6.45) is 8.63. The highest BCUT2D eigenvalue weighted by Crippen LogP contribution is 2.20. The third kappa shape index (κ3) is 6.18. The van der Waals surface area contributed by atoms with Gasteiger partial charge in [0, 0.05) is 30.1 Å². The summed E-state index contributed by atoms with van der Waals surface area (Å²) in [5.41, 5.74) is 1.49. The normalized spacial score (nSPS) is 15.5. The molecule has 7 heteroatoms. The molecule has 7 nitrogen and oxygen atoms in total. The highest BCUT2D eigenvalue weighted by molar-refractivity contribution is 5.93. The highest BCUT2D eigenvalue weighted by Gasteiger charge is 2.15. The van der Waals surface area contributed by atoms with Crippen molar-refractivity contribution < 1.29 is 9.59 Å². The van der Waals surface area contributed by atoms with Crippen LogP contribution in [0.2, 0.25) is 0 Å². The zero-order valence-electron chi connectivity index (χ0n) is 16.5. The first-order valence-corrected chi connectivity index (χ1v) is 10.2. The number of aromatic amines is 1. The Bertz CT molecular complexity index is 794. The van der Waals surface area contributed by atoms with Gasteiger partial charge in [0.25, 0.3) is 0 Å². The van der Waals surface area contributed by atoms with E-state index in [9.17, 15) is 9.59 Å². The van der Waals surface area contributed by atoms with Crippen molar-refractivity contribution in [3.05, 3.63) is 30.1 Å².